The first-order valence-electron chi connectivity index (χ1n) is 18.0. The van der Waals surface area contributed by atoms with Crippen molar-refractivity contribution in [2.45, 2.75) is 99.9 Å². The van der Waals surface area contributed by atoms with Crippen molar-refractivity contribution in [3.05, 3.63) is 82.1 Å². The van der Waals surface area contributed by atoms with Crippen molar-refractivity contribution in [1.82, 2.24) is 25.2 Å². The minimum Gasteiger partial charge on any atom is -0.444 e. The summed E-state index contributed by atoms with van der Waals surface area (Å²) in [5, 5.41) is 5.39. The molecule has 7 rings (SSSR count). The van der Waals surface area contributed by atoms with E-state index >= 15 is 0 Å². The first kappa shape index (κ1) is 36.8. The van der Waals surface area contributed by atoms with Gasteiger partial charge in [-0.3, -0.25) is 28.8 Å². The Labute approximate surface area is 311 Å². The first-order chi connectivity index (χ1) is 25.3. The highest BCUT2D eigenvalue weighted by Gasteiger charge is 2.62. The summed E-state index contributed by atoms with van der Waals surface area (Å²) in [5.41, 5.74) is -0.247. The minimum absolute atomic E-state index is 0.00474. The fourth-order valence-electron chi connectivity index (χ4n) is 7.42. The Morgan fingerprint density at radius 3 is 2.51 bits per heavy atom. The molecule has 16 heteroatoms. The normalized spacial score (nSPS) is 28.0. The summed E-state index contributed by atoms with van der Waals surface area (Å²) in [5.74, 6) is -3.57. The lowest BCUT2D eigenvalue weighted by Gasteiger charge is -2.30. The molecule has 3 N–H and O–H groups in total. The number of ether oxygens (including phenoxy) is 1. The zero-order valence-electron chi connectivity index (χ0n) is 28.9. The molecule has 5 amide bonds. The summed E-state index contributed by atoms with van der Waals surface area (Å²) in [6.07, 6.45) is 5.92. The fraction of sp³-hybridized carbons (Fsp3) is 0.486. The van der Waals surface area contributed by atoms with Gasteiger partial charge in [0.05, 0.1) is 18.3 Å². The Kier molecular flexibility index (Phi) is 10.2. The summed E-state index contributed by atoms with van der Waals surface area (Å²) in [4.78, 5) is 71.6. The molecule has 282 valence electrons. The van der Waals surface area contributed by atoms with Crippen LogP contribution in [0.2, 0.25) is 5.02 Å². The molecule has 53 heavy (non-hydrogen) atoms. The average Bonchev–Trinajstić information content (AvgIpc) is 4.01. The molecule has 0 aromatic heterocycles. The summed E-state index contributed by atoms with van der Waals surface area (Å²) in [6.45, 7) is -0.0702. The lowest BCUT2D eigenvalue weighted by molar-refractivity contribution is -0.141. The summed E-state index contributed by atoms with van der Waals surface area (Å²) in [6, 6.07) is 8.50. The standard InChI is InChI=1S/C37H41ClFN5O8S/c38-25-13-11-22(12-14-25)32(45)40-30-10-5-3-1-2-4-8-24-18-37(24,35(48)42-53(50,51)27-15-16-27)41-33(46)31-17-26(20-44(31)34(30)47)52-36(49)43-19-23-7-6-9-29(39)28(23)21-43/h4,6-9,11-14,24,26-27,30-31H,1-3,5,10,15-21H2,(H,40,45)(H,41,46)(H,42,48)/b8-4-/t24-,26-,30+,31+,37-/m1/s1. The van der Waals surface area contributed by atoms with Crippen molar-refractivity contribution in [3.8, 4) is 0 Å². The van der Waals surface area contributed by atoms with Crippen LogP contribution in [0.25, 0.3) is 0 Å². The zero-order chi connectivity index (χ0) is 37.5. The van der Waals surface area contributed by atoms with Crippen LogP contribution in [0.1, 0.15) is 79.3 Å². The molecule has 1 saturated heterocycles. The van der Waals surface area contributed by atoms with Crippen LogP contribution in [0.4, 0.5) is 9.18 Å². The molecular formula is C37H41ClFN5O8S. The van der Waals surface area contributed by atoms with Crippen molar-refractivity contribution in [2.24, 2.45) is 5.92 Å². The molecule has 2 aromatic rings. The predicted octanol–water partition coefficient (Wildman–Crippen LogP) is 3.70. The Hall–Kier alpha value is -4.50. The van der Waals surface area contributed by atoms with E-state index in [4.69, 9.17) is 16.3 Å². The molecule has 2 aliphatic carbocycles. The van der Waals surface area contributed by atoms with Crippen LogP contribution in [0.3, 0.4) is 0 Å². The third-order valence-corrected chi connectivity index (χ3v) is 12.8. The second-order valence-electron chi connectivity index (χ2n) is 14.5. The number of hydrogen-bond donors (Lipinski definition) is 3. The van der Waals surface area contributed by atoms with Gasteiger partial charge in [0, 0.05) is 35.0 Å². The smallest absolute Gasteiger partial charge is 0.410 e. The number of halogens is 2. The van der Waals surface area contributed by atoms with E-state index in [2.05, 4.69) is 15.4 Å². The summed E-state index contributed by atoms with van der Waals surface area (Å²) < 4.78 is 48.0. The number of nitrogens with zero attached hydrogens (tertiary/aromatic N) is 2. The Morgan fingerprint density at radius 2 is 1.77 bits per heavy atom. The first-order valence-corrected chi connectivity index (χ1v) is 19.9. The van der Waals surface area contributed by atoms with Gasteiger partial charge >= 0.3 is 6.09 Å². The van der Waals surface area contributed by atoms with Crippen LogP contribution in [0.5, 0.6) is 0 Å². The highest BCUT2D eigenvalue weighted by Crippen LogP contribution is 2.46. The highest BCUT2D eigenvalue weighted by atomic mass is 35.5. The lowest BCUT2D eigenvalue weighted by Crippen LogP contribution is -2.58. The number of fused-ring (bicyclic) bond motifs is 3. The van der Waals surface area contributed by atoms with E-state index in [0.717, 1.165) is 12.8 Å². The molecule has 0 unspecified atom stereocenters. The van der Waals surface area contributed by atoms with Crippen molar-refractivity contribution < 1.29 is 41.5 Å². The molecule has 5 aliphatic rings. The molecule has 3 fully saturated rings. The SMILES string of the molecule is O=C(N[C@H]1CCCCC/C=C\[C@@H]2C[C@@]2(C(=O)NS(=O)(=O)C2CC2)NC(=O)[C@@H]2C[C@@H](OC(=O)N3Cc4cccc(F)c4C3)CN2C1=O)c1ccc(Cl)cc1. The quantitative estimate of drug-likeness (QED) is 0.374. The summed E-state index contributed by atoms with van der Waals surface area (Å²) >= 11 is 6.01. The number of benzene rings is 2. The zero-order valence-corrected chi connectivity index (χ0v) is 30.5. The molecule has 13 nitrogen and oxygen atoms in total. The number of carbonyl (C=O) groups is 5. The maximum Gasteiger partial charge on any atom is 0.410 e. The number of sulfonamides is 1. The molecule has 5 atom stereocenters. The Bertz CT molecular complexity index is 1960. The molecule has 0 spiro atoms. The fourth-order valence-corrected chi connectivity index (χ4v) is 8.91. The molecular weight excluding hydrogens is 729 g/mol. The van der Waals surface area contributed by atoms with Gasteiger partial charge in [-0.05, 0) is 74.4 Å². The topological polar surface area (TPSA) is 171 Å². The second kappa shape index (κ2) is 14.7. The van der Waals surface area contributed by atoms with Crippen LogP contribution >= 0.6 is 11.6 Å². The molecule has 3 aliphatic heterocycles. The van der Waals surface area contributed by atoms with E-state index in [0.29, 0.717) is 41.8 Å². The van der Waals surface area contributed by atoms with Gasteiger partial charge in [0.15, 0.2) is 0 Å². The Balaban J connectivity index is 1.15. The van der Waals surface area contributed by atoms with Crippen LogP contribution in [0, 0.1) is 11.7 Å². The maximum absolute atomic E-state index is 14.4. The Morgan fingerprint density at radius 1 is 1.00 bits per heavy atom. The van der Waals surface area contributed by atoms with Crippen LogP contribution in [-0.2, 0) is 42.2 Å². The van der Waals surface area contributed by atoms with Gasteiger partial charge < -0.3 is 20.3 Å². The van der Waals surface area contributed by atoms with Crippen LogP contribution < -0.4 is 15.4 Å². The van der Waals surface area contributed by atoms with E-state index in [1.165, 1.54) is 28.0 Å². The van der Waals surface area contributed by atoms with Crippen molar-refractivity contribution in [2.75, 3.05) is 6.54 Å². The number of carbonyl (C=O) groups excluding carboxylic acids is 5. The van der Waals surface area contributed by atoms with Gasteiger partial charge in [0.25, 0.3) is 11.8 Å². The number of hydrogen-bond acceptors (Lipinski definition) is 8. The predicted molar refractivity (Wildman–Crippen MR) is 190 cm³/mol. The lowest BCUT2D eigenvalue weighted by atomic mass is 10.0. The largest absolute Gasteiger partial charge is 0.444 e. The van der Waals surface area contributed by atoms with E-state index < -0.39 is 80.5 Å². The van der Waals surface area contributed by atoms with Crippen LogP contribution in [0.15, 0.2) is 54.6 Å². The number of allylic oxidation sites excluding steroid dienone is 1. The number of rotatable bonds is 6. The average molecular weight is 770 g/mol. The van der Waals surface area contributed by atoms with Crippen molar-refractivity contribution in [1.29, 1.82) is 0 Å². The van der Waals surface area contributed by atoms with Gasteiger partial charge in [-0.2, -0.15) is 0 Å². The van der Waals surface area contributed by atoms with E-state index in [1.807, 2.05) is 12.2 Å². The molecule has 0 radical (unpaired) electrons. The van der Waals surface area contributed by atoms with Gasteiger partial charge in [-0.1, -0.05) is 48.7 Å². The molecule has 2 aromatic carbocycles. The van der Waals surface area contributed by atoms with Gasteiger partial charge in [0.1, 0.15) is 29.5 Å². The highest BCUT2D eigenvalue weighted by molar-refractivity contribution is 7.91. The van der Waals surface area contributed by atoms with Crippen LogP contribution in [-0.4, -0.2) is 83.5 Å². The van der Waals surface area contributed by atoms with Gasteiger partial charge in [-0.15, -0.1) is 0 Å². The van der Waals surface area contributed by atoms with Crippen molar-refractivity contribution >= 4 is 51.3 Å². The molecule has 0 bridgehead atoms. The minimum atomic E-state index is -3.93. The second-order valence-corrected chi connectivity index (χ2v) is 16.9. The third-order valence-electron chi connectivity index (χ3n) is 10.7. The van der Waals surface area contributed by atoms with Gasteiger partial charge in [0.2, 0.25) is 21.8 Å². The maximum atomic E-state index is 14.4. The number of nitrogens with one attached hydrogen (secondary N) is 3. The van der Waals surface area contributed by atoms with E-state index in [9.17, 15) is 36.8 Å². The van der Waals surface area contributed by atoms with Crippen molar-refractivity contribution in [3.63, 3.8) is 0 Å². The van der Waals surface area contributed by atoms with Gasteiger partial charge in [-0.25, -0.2) is 17.6 Å². The molecule has 3 heterocycles. The summed E-state index contributed by atoms with van der Waals surface area (Å²) in [7, 11) is -3.93. The van der Waals surface area contributed by atoms with E-state index in [1.54, 1.807) is 24.3 Å². The van der Waals surface area contributed by atoms with E-state index in [-0.39, 0.29) is 44.5 Å². The molecule has 2 saturated carbocycles. The monoisotopic (exact) mass is 769 g/mol. The third kappa shape index (κ3) is 7.91. The number of amides is 5.